The Labute approximate surface area is 97.1 Å². The van der Waals surface area contributed by atoms with Crippen molar-refractivity contribution in [2.45, 2.75) is 46.1 Å². The molecule has 0 spiro atoms. The molecule has 0 aliphatic rings. The summed E-state index contributed by atoms with van der Waals surface area (Å²) >= 11 is 0. The van der Waals surface area contributed by atoms with Crippen LogP contribution < -0.4 is 5.48 Å². The van der Waals surface area contributed by atoms with Crippen LogP contribution in [0.2, 0.25) is 0 Å². The van der Waals surface area contributed by atoms with Crippen molar-refractivity contribution in [2.24, 2.45) is 5.92 Å². The number of hydroxylamine groups is 1. The molecule has 0 saturated heterocycles. The van der Waals surface area contributed by atoms with E-state index in [1.165, 1.54) is 0 Å². The smallest absolute Gasteiger partial charge is 0.431 e. The average molecular weight is 233 g/mol. The molecule has 0 heterocycles. The van der Waals surface area contributed by atoms with Crippen LogP contribution in [0.15, 0.2) is 0 Å². The fraction of sp³-hybridized carbons (Fsp3) is 0.909. The van der Waals surface area contributed by atoms with Crippen LogP contribution in [0.3, 0.4) is 0 Å². The van der Waals surface area contributed by atoms with Crippen molar-refractivity contribution in [3.63, 3.8) is 0 Å². The Morgan fingerprint density at radius 2 is 2.06 bits per heavy atom. The number of hydrogen-bond acceptors (Lipinski definition) is 4. The number of carbonyl (C=O) groups is 1. The Balaban J connectivity index is 3.68. The molecular formula is C11H23NO4. The minimum Gasteiger partial charge on any atom is -0.442 e. The molecule has 0 saturated carbocycles. The van der Waals surface area contributed by atoms with Gasteiger partial charge in [-0.1, -0.05) is 13.3 Å². The maximum absolute atomic E-state index is 11.2. The van der Waals surface area contributed by atoms with Crippen LogP contribution >= 0.6 is 0 Å². The topological polar surface area (TPSA) is 67.8 Å². The Morgan fingerprint density at radius 1 is 1.44 bits per heavy atom. The van der Waals surface area contributed by atoms with E-state index in [-0.39, 0.29) is 12.5 Å². The molecule has 1 amide bonds. The minimum atomic E-state index is -0.610. The number of nitrogens with one attached hydrogen (secondary N) is 1. The molecule has 0 aliphatic heterocycles. The Morgan fingerprint density at radius 3 is 2.50 bits per heavy atom. The van der Waals surface area contributed by atoms with Crippen LogP contribution in [-0.4, -0.2) is 30.0 Å². The zero-order chi connectivity index (χ0) is 12.6. The molecule has 0 rings (SSSR count). The molecule has 0 bridgehead atoms. The fourth-order valence-electron chi connectivity index (χ4n) is 1.15. The van der Waals surface area contributed by atoms with Gasteiger partial charge in [0.2, 0.25) is 0 Å². The number of aliphatic hydroxyl groups is 1. The van der Waals surface area contributed by atoms with Gasteiger partial charge in [-0.15, -0.1) is 0 Å². The van der Waals surface area contributed by atoms with Crippen molar-refractivity contribution in [2.75, 3.05) is 13.2 Å². The summed E-state index contributed by atoms with van der Waals surface area (Å²) in [5.41, 5.74) is 1.66. The number of hydrogen-bond donors (Lipinski definition) is 2. The van der Waals surface area contributed by atoms with Gasteiger partial charge in [0.25, 0.3) is 0 Å². The second kappa shape index (κ2) is 7.46. The second-order valence-corrected chi connectivity index (χ2v) is 4.75. The third kappa shape index (κ3) is 8.49. The van der Waals surface area contributed by atoms with Gasteiger partial charge in [0, 0.05) is 12.5 Å². The summed E-state index contributed by atoms with van der Waals surface area (Å²) in [5, 5.41) is 8.98. The fourth-order valence-corrected chi connectivity index (χ4v) is 1.15. The third-order valence-corrected chi connectivity index (χ3v) is 1.83. The van der Waals surface area contributed by atoms with Gasteiger partial charge >= 0.3 is 6.09 Å². The molecule has 5 nitrogen and oxygen atoms in total. The number of aliphatic hydroxyl groups excluding tert-OH is 1. The highest BCUT2D eigenvalue weighted by Gasteiger charge is 2.16. The summed E-state index contributed by atoms with van der Waals surface area (Å²) in [6.07, 6.45) is 1.23. The average Bonchev–Trinajstić information content (AvgIpc) is 2.13. The lowest BCUT2D eigenvalue weighted by molar-refractivity contribution is -0.0244. The highest BCUT2D eigenvalue weighted by atomic mass is 16.7. The molecule has 0 aliphatic carbocycles. The highest BCUT2D eigenvalue weighted by Crippen LogP contribution is 2.07. The van der Waals surface area contributed by atoms with Crippen LogP contribution in [0.5, 0.6) is 0 Å². The molecule has 96 valence electrons. The molecule has 0 radical (unpaired) electrons. The van der Waals surface area contributed by atoms with Crippen LogP contribution in [0, 0.1) is 5.92 Å². The van der Waals surface area contributed by atoms with Gasteiger partial charge in [-0.25, -0.2) is 4.79 Å². The molecule has 5 heteroatoms. The van der Waals surface area contributed by atoms with Gasteiger partial charge in [-0.2, -0.15) is 5.48 Å². The maximum Gasteiger partial charge on any atom is 0.431 e. The predicted octanol–water partition coefficient (Wildman–Crippen LogP) is 1.85. The largest absolute Gasteiger partial charge is 0.442 e. The van der Waals surface area contributed by atoms with Crippen LogP contribution in [0.1, 0.15) is 40.5 Å². The lowest BCUT2D eigenvalue weighted by Crippen LogP contribution is -2.34. The first kappa shape index (κ1) is 15.2. The summed E-state index contributed by atoms with van der Waals surface area (Å²) in [6, 6.07) is 0. The molecule has 0 fully saturated rings. The summed E-state index contributed by atoms with van der Waals surface area (Å²) in [6.45, 7) is 7.72. The first-order valence-electron chi connectivity index (χ1n) is 5.60. The summed E-state index contributed by atoms with van der Waals surface area (Å²) in [5.74, 6) is 0.0555. The van der Waals surface area contributed by atoms with Crippen molar-refractivity contribution in [1.82, 2.24) is 5.48 Å². The molecular weight excluding hydrogens is 210 g/mol. The molecule has 0 aromatic rings. The van der Waals surface area contributed by atoms with E-state index in [0.717, 1.165) is 12.8 Å². The van der Waals surface area contributed by atoms with Crippen LogP contribution in [0.4, 0.5) is 4.79 Å². The van der Waals surface area contributed by atoms with Crippen molar-refractivity contribution in [3.05, 3.63) is 0 Å². The van der Waals surface area contributed by atoms with Gasteiger partial charge < -0.3 is 9.84 Å². The minimum absolute atomic E-state index is 0.0555. The molecule has 1 atom stereocenters. The van der Waals surface area contributed by atoms with Crippen molar-refractivity contribution in [1.29, 1.82) is 0 Å². The van der Waals surface area contributed by atoms with Crippen LogP contribution in [-0.2, 0) is 9.57 Å². The van der Waals surface area contributed by atoms with E-state index >= 15 is 0 Å². The molecule has 0 aromatic carbocycles. The SMILES string of the molecule is CCCC(CO)CONC(=O)OC(C)(C)C. The standard InChI is InChI=1S/C11H23NO4/c1-5-6-9(7-13)8-15-12-10(14)16-11(2,3)4/h9,13H,5-8H2,1-4H3,(H,12,14). The third-order valence-electron chi connectivity index (χ3n) is 1.83. The van der Waals surface area contributed by atoms with Gasteiger partial charge in [0.05, 0.1) is 6.61 Å². The molecule has 1 unspecified atom stereocenters. The van der Waals surface area contributed by atoms with Gasteiger partial charge in [-0.3, -0.25) is 4.84 Å². The number of rotatable bonds is 6. The highest BCUT2D eigenvalue weighted by molar-refractivity contribution is 5.66. The molecule has 16 heavy (non-hydrogen) atoms. The quantitative estimate of drug-likeness (QED) is 0.687. The van der Waals surface area contributed by atoms with E-state index < -0.39 is 11.7 Å². The summed E-state index contributed by atoms with van der Waals surface area (Å²) in [7, 11) is 0. The molecule has 0 aromatic heterocycles. The van der Waals surface area contributed by atoms with Gasteiger partial charge in [0.15, 0.2) is 0 Å². The zero-order valence-corrected chi connectivity index (χ0v) is 10.6. The van der Waals surface area contributed by atoms with E-state index in [4.69, 9.17) is 14.7 Å². The first-order valence-corrected chi connectivity index (χ1v) is 5.60. The monoisotopic (exact) mass is 233 g/mol. The Hall–Kier alpha value is -0.810. The van der Waals surface area contributed by atoms with E-state index in [9.17, 15) is 4.79 Å². The maximum atomic E-state index is 11.2. The number of amides is 1. The van der Waals surface area contributed by atoms with Crippen molar-refractivity contribution in [3.8, 4) is 0 Å². The van der Waals surface area contributed by atoms with E-state index in [0.29, 0.717) is 6.61 Å². The summed E-state index contributed by atoms with van der Waals surface area (Å²) < 4.78 is 4.98. The van der Waals surface area contributed by atoms with Crippen molar-refractivity contribution >= 4 is 6.09 Å². The lowest BCUT2D eigenvalue weighted by Gasteiger charge is -2.20. The second-order valence-electron chi connectivity index (χ2n) is 4.75. The zero-order valence-electron chi connectivity index (χ0n) is 10.6. The van der Waals surface area contributed by atoms with Crippen LogP contribution in [0.25, 0.3) is 0 Å². The van der Waals surface area contributed by atoms with E-state index in [1.54, 1.807) is 20.8 Å². The first-order chi connectivity index (χ1) is 7.39. The number of ether oxygens (including phenoxy) is 1. The number of carbonyl (C=O) groups excluding carboxylic acids is 1. The predicted molar refractivity (Wildman–Crippen MR) is 60.8 cm³/mol. The van der Waals surface area contributed by atoms with E-state index in [1.807, 2.05) is 6.92 Å². The van der Waals surface area contributed by atoms with Crippen molar-refractivity contribution < 1.29 is 19.5 Å². The Bertz CT molecular complexity index is 201. The van der Waals surface area contributed by atoms with E-state index in [2.05, 4.69) is 5.48 Å². The van der Waals surface area contributed by atoms with Gasteiger partial charge in [0.1, 0.15) is 5.60 Å². The molecule has 2 N–H and O–H groups in total. The summed E-state index contributed by atoms with van der Waals surface area (Å²) in [4.78, 5) is 16.1. The Kier molecular flexibility index (Phi) is 7.08. The normalized spacial score (nSPS) is 13.3. The lowest BCUT2D eigenvalue weighted by atomic mass is 10.1. The van der Waals surface area contributed by atoms with Gasteiger partial charge in [-0.05, 0) is 27.2 Å².